The summed E-state index contributed by atoms with van der Waals surface area (Å²) in [5.74, 6) is -0.0281. The minimum atomic E-state index is -1.08. The summed E-state index contributed by atoms with van der Waals surface area (Å²) >= 11 is 1.72. The number of carbonyl (C=O) groups excluding carboxylic acids is 5. The van der Waals surface area contributed by atoms with Crippen molar-refractivity contribution in [1.82, 2.24) is 20.9 Å². The summed E-state index contributed by atoms with van der Waals surface area (Å²) in [6, 6.07) is 0.709. The van der Waals surface area contributed by atoms with Crippen LogP contribution in [-0.2, 0) is 24.9 Å². The summed E-state index contributed by atoms with van der Waals surface area (Å²) in [5.41, 5.74) is 4.12. The van der Waals surface area contributed by atoms with Crippen LogP contribution >= 0.6 is 11.8 Å². The number of urea groups is 1. The fraction of sp³-hybridized carbons (Fsp3) is 0.735. The van der Waals surface area contributed by atoms with Crippen LogP contribution < -0.4 is 21.7 Å². The lowest BCUT2D eigenvalue weighted by molar-refractivity contribution is -0.145. The average molecular weight is 658 g/mol. The fourth-order valence-electron chi connectivity index (χ4n) is 7.66. The lowest BCUT2D eigenvalue weighted by Crippen LogP contribution is -2.63. The van der Waals surface area contributed by atoms with E-state index >= 15 is 0 Å². The van der Waals surface area contributed by atoms with E-state index in [0.29, 0.717) is 18.7 Å². The van der Waals surface area contributed by atoms with E-state index < -0.39 is 52.7 Å². The summed E-state index contributed by atoms with van der Waals surface area (Å²) in [5, 5.41) is 9.08. The Morgan fingerprint density at radius 2 is 1.78 bits per heavy atom. The van der Waals surface area contributed by atoms with Crippen LogP contribution in [0, 0.1) is 28.6 Å². The van der Waals surface area contributed by atoms with E-state index in [0.717, 1.165) is 56.5 Å². The molecular weight excluding hydrogens is 606 g/mol. The first-order chi connectivity index (χ1) is 21.6. The van der Waals surface area contributed by atoms with Crippen molar-refractivity contribution in [2.75, 3.05) is 12.3 Å². The summed E-state index contributed by atoms with van der Waals surface area (Å²) in [4.78, 5) is 67.9. The number of primary amides is 1. The van der Waals surface area contributed by atoms with Crippen molar-refractivity contribution in [2.45, 2.75) is 115 Å². The molecular formula is C34H51N5O6S. The number of furan rings is 1. The van der Waals surface area contributed by atoms with E-state index in [9.17, 15) is 24.0 Å². The molecule has 11 nitrogen and oxygen atoms in total. The number of hydrogen-bond donors (Lipinski definition) is 4. The van der Waals surface area contributed by atoms with Crippen LogP contribution in [-0.4, -0.2) is 70.4 Å². The molecule has 0 aromatic carbocycles. The van der Waals surface area contributed by atoms with Gasteiger partial charge in [-0.2, -0.15) is 11.8 Å². The smallest absolute Gasteiger partial charge is 0.315 e. The predicted octanol–water partition coefficient (Wildman–Crippen LogP) is 3.75. The normalized spacial score (nSPS) is 25.9. The van der Waals surface area contributed by atoms with Crippen LogP contribution in [0.15, 0.2) is 22.8 Å². The van der Waals surface area contributed by atoms with E-state index in [-0.39, 0.29) is 29.1 Å². The fourth-order valence-corrected chi connectivity index (χ4v) is 8.88. The number of piperidine rings is 1. The Hall–Kier alpha value is -3.02. The Morgan fingerprint density at radius 3 is 2.37 bits per heavy atom. The zero-order chi connectivity index (χ0) is 33.4. The first-order valence-corrected chi connectivity index (χ1v) is 17.9. The molecule has 5 rings (SSSR count). The molecule has 5 N–H and O–H groups in total. The van der Waals surface area contributed by atoms with E-state index in [1.165, 1.54) is 0 Å². The summed E-state index contributed by atoms with van der Waals surface area (Å²) in [6.45, 7) is 10.3. The third-order valence-electron chi connectivity index (χ3n) is 10.7. The van der Waals surface area contributed by atoms with Crippen LogP contribution in [0.25, 0.3) is 0 Å². The van der Waals surface area contributed by atoms with Gasteiger partial charge in [0.15, 0.2) is 0 Å². The number of nitrogens with one attached hydrogen (secondary N) is 3. The first kappa shape index (κ1) is 34.3. The number of likely N-dealkylation sites (tertiary alicyclic amines) is 1. The minimum absolute atomic E-state index is 0.0900. The molecule has 3 aliphatic carbocycles. The molecule has 4 fully saturated rings. The van der Waals surface area contributed by atoms with Gasteiger partial charge in [-0.05, 0) is 60.0 Å². The SMILES string of the molecule is CC1(C)C2CN(C(=O)[C@@H](NC(=O)NC3(CSCc4ccco4)CCCCC3)C(C)(C)C)[C@H](C(=O)NC(CC3CC3)C(=O)C(N)=O)C21. The van der Waals surface area contributed by atoms with Gasteiger partial charge in [0.1, 0.15) is 17.8 Å². The molecule has 0 bridgehead atoms. The Bertz CT molecular complexity index is 1310. The minimum Gasteiger partial charge on any atom is -0.468 e. The van der Waals surface area contributed by atoms with Crippen LogP contribution in [0.2, 0.25) is 0 Å². The van der Waals surface area contributed by atoms with Crippen LogP contribution in [0.1, 0.15) is 91.7 Å². The summed E-state index contributed by atoms with van der Waals surface area (Å²) in [6.07, 6.45) is 8.79. The van der Waals surface area contributed by atoms with Crippen molar-refractivity contribution < 1.29 is 28.4 Å². The molecule has 4 aliphatic rings. The van der Waals surface area contributed by atoms with Gasteiger partial charge in [-0.25, -0.2) is 4.79 Å². The van der Waals surface area contributed by atoms with Gasteiger partial charge in [-0.1, -0.05) is 66.7 Å². The standard InChI is InChI=1S/C34H51N5O6S/c1-32(2,3)27(37-31(44)38-34(13-7-6-8-14-34)19-46-18-21-10-9-15-45-21)30(43)39-17-22-24(33(22,4)5)25(39)29(42)36-23(16-20-11-12-20)26(40)28(35)41/h9-10,15,20,22-25,27H,6-8,11-14,16-19H2,1-5H3,(H2,35,41)(H,36,42)(H2,37,38,44)/t22?,23?,24?,25-,27+/m0/s1. The second-order valence-corrected chi connectivity index (χ2v) is 16.7. The number of rotatable bonds is 13. The zero-order valence-corrected chi connectivity index (χ0v) is 28.7. The molecule has 1 aliphatic heterocycles. The molecule has 3 unspecified atom stereocenters. The molecule has 1 aromatic rings. The van der Waals surface area contributed by atoms with Gasteiger partial charge < -0.3 is 31.0 Å². The highest BCUT2D eigenvalue weighted by Crippen LogP contribution is 2.65. The van der Waals surface area contributed by atoms with Crippen molar-refractivity contribution in [3.63, 3.8) is 0 Å². The molecule has 2 heterocycles. The number of carbonyl (C=O) groups is 5. The van der Waals surface area contributed by atoms with E-state index in [2.05, 4.69) is 29.8 Å². The highest BCUT2D eigenvalue weighted by molar-refractivity contribution is 7.98. The van der Waals surface area contributed by atoms with E-state index in [1.807, 2.05) is 32.9 Å². The van der Waals surface area contributed by atoms with Gasteiger partial charge in [0.25, 0.3) is 5.91 Å². The monoisotopic (exact) mass is 657 g/mol. The van der Waals surface area contributed by atoms with Gasteiger partial charge in [0, 0.05) is 12.3 Å². The number of nitrogens with zero attached hydrogens (tertiary/aromatic N) is 1. The third-order valence-corrected chi connectivity index (χ3v) is 11.9. The zero-order valence-electron chi connectivity index (χ0n) is 27.9. The van der Waals surface area contributed by atoms with Gasteiger partial charge in [0.05, 0.1) is 23.6 Å². The second kappa shape index (κ2) is 13.2. The van der Waals surface area contributed by atoms with Crippen molar-refractivity contribution in [2.24, 2.45) is 34.3 Å². The number of nitrogens with two attached hydrogens (primary N) is 1. The number of Topliss-reactive ketones (excluding diaryl/α,β-unsaturated/α-hetero) is 1. The van der Waals surface area contributed by atoms with Crippen molar-refractivity contribution in [3.05, 3.63) is 24.2 Å². The maximum Gasteiger partial charge on any atom is 0.315 e. The average Bonchev–Trinajstić information content (AvgIpc) is 3.69. The molecule has 3 saturated carbocycles. The number of hydrogen-bond acceptors (Lipinski definition) is 7. The van der Waals surface area contributed by atoms with Crippen molar-refractivity contribution in [3.8, 4) is 0 Å². The Kier molecular flexibility index (Phi) is 9.88. The molecule has 5 amide bonds. The Morgan fingerprint density at radius 1 is 1.09 bits per heavy atom. The molecule has 1 aromatic heterocycles. The largest absolute Gasteiger partial charge is 0.468 e. The van der Waals surface area contributed by atoms with Gasteiger partial charge in [0.2, 0.25) is 17.6 Å². The van der Waals surface area contributed by atoms with Crippen molar-refractivity contribution >= 4 is 41.3 Å². The Labute approximate surface area is 276 Å². The topological polar surface area (TPSA) is 164 Å². The molecule has 0 radical (unpaired) electrons. The molecule has 46 heavy (non-hydrogen) atoms. The van der Waals surface area contributed by atoms with Gasteiger partial charge >= 0.3 is 6.03 Å². The molecule has 12 heteroatoms. The van der Waals surface area contributed by atoms with Gasteiger partial charge in [-0.15, -0.1) is 0 Å². The maximum atomic E-state index is 14.4. The third kappa shape index (κ3) is 7.58. The maximum absolute atomic E-state index is 14.4. The molecule has 1 saturated heterocycles. The number of ketones is 1. The predicted molar refractivity (Wildman–Crippen MR) is 175 cm³/mol. The van der Waals surface area contributed by atoms with E-state index in [4.69, 9.17) is 10.2 Å². The number of thioether (sulfide) groups is 1. The first-order valence-electron chi connectivity index (χ1n) is 16.8. The highest BCUT2D eigenvalue weighted by atomic mass is 32.2. The molecule has 254 valence electrons. The van der Waals surface area contributed by atoms with Crippen molar-refractivity contribution in [1.29, 1.82) is 0 Å². The van der Waals surface area contributed by atoms with Crippen LogP contribution in [0.3, 0.4) is 0 Å². The highest BCUT2D eigenvalue weighted by Gasteiger charge is 2.70. The number of amides is 5. The van der Waals surface area contributed by atoms with E-state index in [1.54, 1.807) is 22.9 Å². The quantitative estimate of drug-likeness (QED) is 0.235. The second-order valence-electron chi connectivity index (χ2n) is 15.7. The summed E-state index contributed by atoms with van der Waals surface area (Å²) < 4.78 is 5.49. The van der Waals surface area contributed by atoms with Crippen LogP contribution in [0.4, 0.5) is 4.79 Å². The van der Waals surface area contributed by atoms with Crippen LogP contribution in [0.5, 0.6) is 0 Å². The number of fused-ring (bicyclic) bond motifs is 1. The molecule has 0 spiro atoms. The summed E-state index contributed by atoms with van der Waals surface area (Å²) in [7, 11) is 0. The molecule has 5 atom stereocenters. The Balaban J connectivity index is 1.29. The lowest BCUT2D eigenvalue weighted by atomic mass is 9.83. The lowest BCUT2D eigenvalue weighted by Gasteiger charge is -2.40. The van der Waals surface area contributed by atoms with Gasteiger partial charge in [-0.3, -0.25) is 19.2 Å².